The third-order valence-electron chi connectivity index (χ3n) is 4.03. The highest BCUT2D eigenvalue weighted by Gasteiger charge is 2.20. The third-order valence-corrected chi connectivity index (χ3v) is 4.03. The van der Waals surface area contributed by atoms with E-state index in [0.717, 1.165) is 32.5 Å². The summed E-state index contributed by atoms with van der Waals surface area (Å²) in [5, 5.41) is 8.62. The molecule has 116 valence electrons. The standard InChI is InChI=1S/C17H25NO3/c1-13(2)15-5-3-14(4-6-15)11-18-9-7-16(8-10-18)21-12-17(19)20/h3-6,13,16H,7-12H2,1-2H3,(H,19,20). The number of benzene rings is 1. The summed E-state index contributed by atoms with van der Waals surface area (Å²) in [5.74, 6) is -0.316. The largest absolute Gasteiger partial charge is 0.480 e. The van der Waals surface area contributed by atoms with E-state index in [1.54, 1.807) is 0 Å². The molecule has 0 unspecified atom stereocenters. The zero-order valence-corrected chi connectivity index (χ0v) is 12.9. The molecule has 1 saturated heterocycles. The van der Waals surface area contributed by atoms with E-state index in [-0.39, 0.29) is 12.7 Å². The number of carbonyl (C=O) groups is 1. The molecule has 1 N–H and O–H groups in total. The summed E-state index contributed by atoms with van der Waals surface area (Å²) in [6.07, 6.45) is 1.93. The molecule has 4 nitrogen and oxygen atoms in total. The van der Waals surface area contributed by atoms with E-state index in [0.29, 0.717) is 5.92 Å². The number of nitrogens with zero attached hydrogens (tertiary/aromatic N) is 1. The molecule has 0 amide bonds. The van der Waals surface area contributed by atoms with Crippen molar-refractivity contribution in [1.29, 1.82) is 0 Å². The van der Waals surface area contributed by atoms with Crippen molar-refractivity contribution in [1.82, 2.24) is 4.90 Å². The van der Waals surface area contributed by atoms with Crippen LogP contribution in [0.5, 0.6) is 0 Å². The molecule has 21 heavy (non-hydrogen) atoms. The Kier molecular flexibility index (Phi) is 5.76. The van der Waals surface area contributed by atoms with Gasteiger partial charge in [0.25, 0.3) is 0 Å². The average Bonchev–Trinajstić information content (AvgIpc) is 2.47. The summed E-state index contributed by atoms with van der Waals surface area (Å²) < 4.78 is 5.36. The van der Waals surface area contributed by atoms with Crippen molar-refractivity contribution in [3.05, 3.63) is 35.4 Å². The molecule has 4 heteroatoms. The van der Waals surface area contributed by atoms with Crippen molar-refractivity contribution in [2.75, 3.05) is 19.7 Å². The predicted octanol–water partition coefficient (Wildman–Crippen LogP) is 2.88. The lowest BCUT2D eigenvalue weighted by Gasteiger charge is -2.31. The Bertz CT molecular complexity index is 448. The van der Waals surface area contributed by atoms with Crippen LogP contribution in [0.15, 0.2) is 24.3 Å². The van der Waals surface area contributed by atoms with Crippen LogP contribution in [0.3, 0.4) is 0 Å². The van der Waals surface area contributed by atoms with E-state index in [1.807, 2.05) is 0 Å². The minimum absolute atomic E-state index is 0.0978. The van der Waals surface area contributed by atoms with Gasteiger partial charge in [0.2, 0.25) is 0 Å². The van der Waals surface area contributed by atoms with Crippen LogP contribution >= 0.6 is 0 Å². The summed E-state index contributed by atoms with van der Waals surface area (Å²) in [5.41, 5.74) is 2.71. The topological polar surface area (TPSA) is 49.8 Å². The Labute approximate surface area is 126 Å². The Balaban J connectivity index is 1.76. The summed E-state index contributed by atoms with van der Waals surface area (Å²) in [6.45, 7) is 7.13. The van der Waals surface area contributed by atoms with Gasteiger partial charge in [-0.2, -0.15) is 0 Å². The molecular formula is C17H25NO3. The number of carboxylic acid groups (broad SMARTS) is 1. The molecule has 1 aliphatic rings. The van der Waals surface area contributed by atoms with Crippen LogP contribution in [-0.4, -0.2) is 41.8 Å². The van der Waals surface area contributed by atoms with Crippen LogP contribution in [-0.2, 0) is 16.1 Å². The molecule has 0 spiro atoms. The van der Waals surface area contributed by atoms with Crippen molar-refractivity contribution in [2.45, 2.75) is 45.3 Å². The molecule has 1 fully saturated rings. The predicted molar refractivity (Wildman–Crippen MR) is 82.4 cm³/mol. The minimum Gasteiger partial charge on any atom is -0.480 e. The van der Waals surface area contributed by atoms with E-state index in [4.69, 9.17) is 9.84 Å². The number of hydrogen-bond donors (Lipinski definition) is 1. The molecule has 1 aliphatic heterocycles. The number of ether oxygens (including phenoxy) is 1. The van der Waals surface area contributed by atoms with E-state index in [1.165, 1.54) is 11.1 Å². The molecule has 0 bridgehead atoms. The van der Waals surface area contributed by atoms with Crippen LogP contribution in [0.1, 0.15) is 43.7 Å². The molecule has 1 heterocycles. The highest BCUT2D eigenvalue weighted by molar-refractivity contribution is 5.68. The van der Waals surface area contributed by atoms with Crippen LogP contribution in [0.25, 0.3) is 0 Å². The van der Waals surface area contributed by atoms with Gasteiger partial charge >= 0.3 is 5.97 Å². The van der Waals surface area contributed by atoms with Crippen molar-refractivity contribution in [3.8, 4) is 0 Å². The van der Waals surface area contributed by atoms with Gasteiger partial charge in [-0.3, -0.25) is 4.90 Å². The number of piperidine rings is 1. The highest BCUT2D eigenvalue weighted by atomic mass is 16.5. The molecule has 2 rings (SSSR count). The number of aliphatic carboxylic acids is 1. The molecule has 0 aliphatic carbocycles. The molecule has 0 aromatic heterocycles. The van der Waals surface area contributed by atoms with Crippen molar-refractivity contribution >= 4 is 5.97 Å². The maximum absolute atomic E-state index is 10.5. The minimum atomic E-state index is -0.886. The number of hydrogen-bond acceptors (Lipinski definition) is 3. The van der Waals surface area contributed by atoms with Gasteiger partial charge < -0.3 is 9.84 Å². The Hall–Kier alpha value is -1.39. The maximum Gasteiger partial charge on any atom is 0.329 e. The van der Waals surface area contributed by atoms with Gasteiger partial charge in [0, 0.05) is 19.6 Å². The second-order valence-corrected chi connectivity index (χ2v) is 6.08. The summed E-state index contributed by atoms with van der Waals surface area (Å²) >= 11 is 0. The zero-order chi connectivity index (χ0) is 15.2. The summed E-state index contributed by atoms with van der Waals surface area (Å²) in [6, 6.07) is 8.84. The molecular weight excluding hydrogens is 266 g/mol. The van der Waals surface area contributed by atoms with Crippen LogP contribution < -0.4 is 0 Å². The zero-order valence-electron chi connectivity index (χ0n) is 12.9. The Morgan fingerprint density at radius 3 is 2.43 bits per heavy atom. The fraction of sp³-hybridized carbons (Fsp3) is 0.588. The van der Waals surface area contributed by atoms with E-state index >= 15 is 0 Å². The van der Waals surface area contributed by atoms with E-state index in [9.17, 15) is 4.79 Å². The molecule has 0 radical (unpaired) electrons. The lowest BCUT2D eigenvalue weighted by molar-refractivity contribution is -0.145. The third kappa shape index (κ3) is 5.14. The Morgan fingerprint density at radius 1 is 1.29 bits per heavy atom. The van der Waals surface area contributed by atoms with Gasteiger partial charge in [-0.25, -0.2) is 4.79 Å². The maximum atomic E-state index is 10.5. The lowest BCUT2D eigenvalue weighted by atomic mass is 10.0. The SMILES string of the molecule is CC(C)c1ccc(CN2CCC(OCC(=O)O)CC2)cc1. The van der Waals surface area contributed by atoms with Crippen LogP contribution in [0, 0.1) is 0 Å². The molecule has 1 aromatic carbocycles. The highest BCUT2D eigenvalue weighted by Crippen LogP contribution is 2.18. The first kappa shape index (κ1) is 16.0. The fourth-order valence-corrected chi connectivity index (χ4v) is 2.69. The van der Waals surface area contributed by atoms with E-state index < -0.39 is 5.97 Å². The van der Waals surface area contributed by atoms with Gasteiger partial charge in [0.15, 0.2) is 0 Å². The fourth-order valence-electron chi connectivity index (χ4n) is 2.69. The van der Waals surface area contributed by atoms with Crippen molar-refractivity contribution < 1.29 is 14.6 Å². The van der Waals surface area contributed by atoms with E-state index in [2.05, 4.69) is 43.0 Å². The lowest BCUT2D eigenvalue weighted by Crippen LogP contribution is -2.37. The Morgan fingerprint density at radius 2 is 1.90 bits per heavy atom. The number of carboxylic acids is 1. The second-order valence-electron chi connectivity index (χ2n) is 6.08. The molecule has 1 aromatic rings. The quantitative estimate of drug-likeness (QED) is 0.875. The summed E-state index contributed by atoms with van der Waals surface area (Å²) in [4.78, 5) is 12.9. The first-order valence-electron chi connectivity index (χ1n) is 7.69. The van der Waals surface area contributed by atoms with Crippen LogP contribution in [0.4, 0.5) is 0 Å². The first-order chi connectivity index (χ1) is 10.0. The van der Waals surface area contributed by atoms with Gasteiger partial charge in [0.1, 0.15) is 6.61 Å². The monoisotopic (exact) mass is 291 g/mol. The smallest absolute Gasteiger partial charge is 0.329 e. The summed E-state index contributed by atoms with van der Waals surface area (Å²) in [7, 11) is 0. The number of rotatable bonds is 6. The average molecular weight is 291 g/mol. The molecule has 0 saturated carbocycles. The van der Waals surface area contributed by atoms with Gasteiger partial charge in [-0.1, -0.05) is 38.1 Å². The second kappa shape index (κ2) is 7.57. The van der Waals surface area contributed by atoms with Gasteiger partial charge in [-0.05, 0) is 29.9 Å². The van der Waals surface area contributed by atoms with Crippen molar-refractivity contribution in [2.24, 2.45) is 0 Å². The van der Waals surface area contributed by atoms with Crippen molar-refractivity contribution in [3.63, 3.8) is 0 Å². The van der Waals surface area contributed by atoms with Crippen LogP contribution in [0.2, 0.25) is 0 Å². The van der Waals surface area contributed by atoms with Gasteiger partial charge in [0.05, 0.1) is 6.10 Å². The number of likely N-dealkylation sites (tertiary alicyclic amines) is 1. The first-order valence-corrected chi connectivity index (χ1v) is 7.69. The normalized spacial score (nSPS) is 17.3. The molecule has 0 atom stereocenters. The van der Waals surface area contributed by atoms with Gasteiger partial charge in [-0.15, -0.1) is 0 Å².